The first kappa shape index (κ1) is 8.45. The van der Waals surface area contributed by atoms with Gasteiger partial charge in [-0.1, -0.05) is 23.8 Å². The summed E-state index contributed by atoms with van der Waals surface area (Å²) in [6, 6.07) is 6.51. The summed E-state index contributed by atoms with van der Waals surface area (Å²) in [5.74, 6) is 0. The van der Waals surface area contributed by atoms with E-state index in [1.807, 2.05) is 11.7 Å². The summed E-state index contributed by atoms with van der Waals surface area (Å²) in [6.07, 6.45) is 1.92. The smallest absolute Gasteiger partial charge is 0.0797 e. The first-order chi connectivity index (χ1) is 6.27. The highest BCUT2D eigenvalue weighted by molar-refractivity contribution is 7.13. The van der Waals surface area contributed by atoms with Crippen LogP contribution in [0.3, 0.4) is 0 Å². The predicted octanol–water partition coefficient (Wildman–Crippen LogP) is 3.43. The Bertz CT molecular complexity index is 404. The Kier molecular flexibility index (Phi) is 2.15. The first-order valence-corrected chi connectivity index (χ1v) is 5.11. The maximum atomic E-state index is 4.08. The van der Waals surface area contributed by atoms with Crippen LogP contribution >= 0.6 is 11.3 Å². The lowest BCUT2D eigenvalue weighted by molar-refractivity contribution is 1.38. The second-order valence-corrected chi connectivity index (χ2v) is 4.07. The largest absolute Gasteiger partial charge is 0.252 e. The summed E-state index contributed by atoms with van der Waals surface area (Å²) in [5.41, 5.74) is 5.80. The third-order valence-corrected chi connectivity index (χ3v) is 2.89. The Morgan fingerprint density at radius 3 is 2.69 bits per heavy atom. The molecule has 0 unspecified atom stereocenters. The molecule has 0 fully saturated rings. The lowest BCUT2D eigenvalue weighted by Crippen LogP contribution is -1.81. The topological polar surface area (TPSA) is 12.9 Å². The Balaban J connectivity index is 2.53. The summed E-state index contributed by atoms with van der Waals surface area (Å²) in [6.45, 7) is 4.26. The number of nitrogens with zero attached hydrogens (tertiary/aromatic N) is 1. The van der Waals surface area contributed by atoms with Crippen LogP contribution in [0.1, 0.15) is 11.1 Å². The molecular formula is C11H11NS. The molecule has 0 aliphatic heterocycles. The molecule has 0 aliphatic rings. The van der Waals surface area contributed by atoms with E-state index in [0.29, 0.717) is 0 Å². The molecule has 1 nitrogen and oxygen atoms in total. The van der Waals surface area contributed by atoms with E-state index < -0.39 is 0 Å². The van der Waals surface area contributed by atoms with Crippen LogP contribution in [-0.4, -0.2) is 4.98 Å². The van der Waals surface area contributed by atoms with Crippen molar-refractivity contribution in [3.8, 4) is 10.4 Å². The van der Waals surface area contributed by atoms with Gasteiger partial charge in [-0.15, -0.1) is 11.3 Å². The van der Waals surface area contributed by atoms with Crippen LogP contribution in [0.5, 0.6) is 0 Å². The van der Waals surface area contributed by atoms with Crippen molar-refractivity contribution in [1.82, 2.24) is 4.98 Å². The summed E-state index contributed by atoms with van der Waals surface area (Å²) >= 11 is 1.68. The maximum Gasteiger partial charge on any atom is 0.0797 e. The summed E-state index contributed by atoms with van der Waals surface area (Å²) in [4.78, 5) is 5.33. The van der Waals surface area contributed by atoms with Crippen LogP contribution in [0.4, 0.5) is 0 Å². The molecule has 0 saturated carbocycles. The molecule has 2 heteroatoms. The predicted molar refractivity (Wildman–Crippen MR) is 57.0 cm³/mol. The number of hydrogen-bond acceptors (Lipinski definition) is 2. The van der Waals surface area contributed by atoms with Crippen LogP contribution in [0.15, 0.2) is 29.9 Å². The van der Waals surface area contributed by atoms with Crippen molar-refractivity contribution in [3.63, 3.8) is 0 Å². The van der Waals surface area contributed by atoms with E-state index in [0.717, 1.165) is 0 Å². The lowest BCUT2D eigenvalue weighted by Gasteiger charge is -2.02. The average Bonchev–Trinajstić information content (AvgIpc) is 2.56. The molecule has 0 spiro atoms. The Hall–Kier alpha value is -1.15. The Morgan fingerprint density at radius 1 is 1.23 bits per heavy atom. The van der Waals surface area contributed by atoms with E-state index >= 15 is 0 Å². The molecule has 2 rings (SSSR count). The van der Waals surface area contributed by atoms with Crippen molar-refractivity contribution in [2.45, 2.75) is 13.8 Å². The maximum absolute atomic E-state index is 4.08. The van der Waals surface area contributed by atoms with Gasteiger partial charge < -0.3 is 0 Å². The van der Waals surface area contributed by atoms with E-state index in [1.165, 1.54) is 21.6 Å². The molecular weight excluding hydrogens is 178 g/mol. The minimum Gasteiger partial charge on any atom is -0.252 e. The third-order valence-electron chi connectivity index (χ3n) is 2.08. The minimum absolute atomic E-state index is 1.25. The number of hydrogen-bond donors (Lipinski definition) is 0. The summed E-state index contributed by atoms with van der Waals surface area (Å²) < 4.78 is 0. The van der Waals surface area contributed by atoms with E-state index in [4.69, 9.17) is 0 Å². The SMILES string of the molecule is Cc1ccc(-c2cncs2)c(C)c1. The van der Waals surface area contributed by atoms with E-state index in [-0.39, 0.29) is 0 Å². The van der Waals surface area contributed by atoms with Crippen molar-refractivity contribution in [3.05, 3.63) is 41.0 Å². The normalized spacial score (nSPS) is 10.3. The number of aryl methyl sites for hydroxylation is 2. The quantitative estimate of drug-likeness (QED) is 0.669. The number of aromatic nitrogens is 1. The van der Waals surface area contributed by atoms with Gasteiger partial charge >= 0.3 is 0 Å². The third kappa shape index (κ3) is 1.63. The molecule has 0 saturated heterocycles. The molecule has 13 heavy (non-hydrogen) atoms. The fourth-order valence-corrected chi connectivity index (χ4v) is 2.15. The molecule has 0 N–H and O–H groups in total. The average molecular weight is 189 g/mol. The number of benzene rings is 1. The van der Waals surface area contributed by atoms with Gasteiger partial charge in [-0.2, -0.15) is 0 Å². The molecule has 66 valence electrons. The van der Waals surface area contributed by atoms with Gasteiger partial charge in [0, 0.05) is 6.20 Å². The first-order valence-electron chi connectivity index (χ1n) is 4.23. The minimum atomic E-state index is 1.25. The van der Waals surface area contributed by atoms with E-state index in [1.54, 1.807) is 11.3 Å². The summed E-state index contributed by atoms with van der Waals surface area (Å²) in [5, 5.41) is 0. The Labute approximate surface area is 82.1 Å². The van der Waals surface area contributed by atoms with Gasteiger partial charge in [0.2, 0.25) is 0 Å². The second-order valence-electron chi connectivity index (χ2n) is 3.18. The van der Waals surface area contributed by atoms with Gasteiger partial charge in [-0.05, 0) is 25.0 Å². The molecule has 2 aromatic rings. The molecule has 0 atom stereocenters. The van der Waals surface area contributed by atoms with Crippen molar-refractivity contribution in [1.29, 1.82) is 0 Å². The summed E-state index contributed by atoms with van der Waals surface area (Å²) in [7, 11) is 0. The second kappa shape index (κ2) is 3.30. The molecule has 1 aromatic heterocycles. The van der Waals surface area contributed by atoms with Crippen LogP contribution in [0.2, 0.25) is 0 Å². The van der Waals surface area contributed by atoms with Crippen molar-refractivity contribution in [2.24, 2.45) is 0 Å². The highest BCUT2D eigenvalue weighted by Gasteiger charge is 2.02. The zero-order valence-corrected chi connectivity index (χ0v) is 8.56. The molecule has 0 bridgehead atoms. The van der Waals surface area contributed by atoms with Gasteiger partial charge in [0.25, 0.3) is 0 Å². The zero-order chi connectivity index (χ0) is 9.26. The highest BCUT2D eigenvalue weighted by Crippen LogP contribution is 2.26. The molecule has 0 amide bonds. The van der Waals surface area contributed by atoms with Crippen molar-refractivity contribution < 1.29 is 0 Å². The standard InChI is InChI=1S/C11H11NS/c1-8-3-4-10(9(2)5-8)11-6-12-7-13-11/h3-7H,1-2H3. The van der Waals surface area contributed by atoms with Gasteiger partial charge in [0.05, 0.1) is 10.4 Å². The van der Waals surface area contributed by atoms with E-state index in [9.17, 15) is 0 Å². The van der Waals surface area contributed by atoms with Gasteiger partial charge in [-0.3, -0.25) is 4.98 Å². The monoisotopic (exact) mass is 189 g/mol. The van der Waals surface area contributed by atoms with Crippen molar-refractivity contribution in [2.75, 3.05) is 0 Å². The molecule has 1 aromatic carbocycles. The fourth-order valence-electron chi connectivity index (χ4n) is 1.44. The number of rotatable bonds is 1. The van der Waals surface area contributed by atoms with Crippen LogP contribution in [0, 0.1) is 13.8 Å². The lowest BCUT2D eigenvalue weighted by atomic mass is 10.1. The zero-order valence-electron chi connectivity index (χ0n) is 7.74. The van der Waals surface area contributed by atoms with Gasteiger partial charge in [0.1, 0.15) is 0 Å². The highest BCUT2D eigenvalue weighted by atomic mass is 32.1. The van der Waals surface area contributed by atoms with Crippen LogP contribution < -0.4 is 0 Å². The van der Waals surface area contributed by atoms with Gasteiger partial charge in [0.15, 0.2) is 0 Å². The fraction of sp³-hybridized carbons (Fsp3) is 0.182. The van der Waals surface area contributed by atoms with Crippen LogP contribution in [-0.2, 0) is 0 Å². The molecule has 1 heterocycles. The Morgan fingerprint density at radius 2 is 2.08 bits per heavy atom. The van der Waals surface area contributed by atoms with Gasteiger partial charge in [-0.25, -0.2) is 0 Å². The van der Waals surface area contributed by atoms with Crippen LogP contribution in [0.25, 0.3) is 10.4 Å². The van der Waals surface area contributed by atoms with Crippen molar-refractivity contribution >= 4 is 11.3 Å². The number of thiazole rings is 1. The molecule has 0 aliphatic carbocycles. The molecule has 0 radical (unpaired) electrons. The van der Waals surface area contributed by atoms with E-state index in [2.05, 4.69) is 37.0 Å².